The lowest BCUT2D eigenvalue weighted by atomic mass is 9.77. The van der Waals surface area contributed by atoms with Gasteiger partial charge in [0.1, 0.15) is 0 Å². The first-order valence-corrected chi connectivity index (χ1v) is 14.2. The molecule has 0 spiro atoms. The van der Waals surface area contributed by atoms with Crippen LogP contribution in [0.25, 0.3) is 118 Å². The van der Waals surface area contributed by atoms with E-state index in [1.165, 1.54) is 118 Å². The summed E-state index contributed by atoms with van der Waals surface area (Å²) in [6, 6.07) is 42.0. The van der Waals surface area contributed by atoms with Crippen molar-refractivity contribution in [3.63, 3.8) is 0 Å². The molecular formula is C40H18. The van der Waals surface area contributed by atoms with Crippen molar-refractivity contribution in [2.24, 2.45) is 0 Å². The predicted octanol–water partition coefficient (Wildman–Crippen LogP) is 11.6. The van der Waals surface area contributed by atoms with Crippen molar-refractivity contribution < 1.29 is 0 Å². The molecule has 12 aromatic rings. The van der Waals surface area contributed by atoms with Crippen molar-refractivity contribution >= 4 is 118 Å². The Labute approximate surface area is 227 Å². The lowest BCUT2D eigenvalue weighted by Crippen LogP contribution is -1.96. The fraction of sp³-hybridized carbons (Fsp3) is 0. The lowest BCUT2D eigenvalue weighted by molar-refractivity contribution is 1.81. The maximum Gasteiger partial charge on any atom is -0.000717 e. The first-order chi connectivity index (χ1) is 19.9. The maximum atomic E-state index is 2.42. The monoisotopic (exact) mass is 498 g/mol. The van der Waals surface area contributed by atoms with Crippen molar-refractivity contribution in [2.45, 2.75) is 0 Å². The molecule has 0 unspecified atom stereocenters. The zero-order chi connectivity index (χ0) is 25.4. The maximum absolute atomic E-state index is 2.42. The molecule has 0 radical (unpaired) electrons. The van der Waals surface area contributed by atoms with Gasteiger partial charge < -0.3 is 0 Å². The van der Waals surface area contributed by atoms with Crippen LogP contribution in [-0.4, -0.2) is 0 Å². The molecule has 12 rings (SSSR count). The minimum atomic E-state index is 1.33. The Hall–Kier alpha value is -5.20. The molecule has 0 heterocycles. The van der Waals surface area contributed by atoms with Crippen molar-refractivity contribution in [1.29, 1.82) is 0 Å². The normalized spacial score (nSPS) is 13.5. The van der Waals surface area contributed by atoms with Crippen LogP contribution in [-0.2, 0) is 0 Å². The molecule has 0 nitrogen and oxygen atoms in total. The van der Waals surface area contributed by atoms with E-state index in [9.17, 15) is 0 Å². The van der Waals surface area contributed by atoms with E-state index in [1.807, 2.05) is 0 Å². The van der Waals surface area contributed by atoms with Crippen molar-refractivity contribution in [1.82, 2.24) is 0 Å². The molecule has 0 N–H and O–H groups in total. The van der Waals surface area contributed by atoms with E-state index in [2.05, 4.69) is 109 Å². The molecule has 12 aromatic carbocycles. The number of fused-ring (bicyclic) bond motifs is 4. The quantitative estimate of drug-likeness (QED) is 0.144. The molecule has 0 bridgehead atoms. The summed E-state index contributed by atoms with van der Waals surface area (Å²) in [4.78, 5) is 0. The minimum Gasteiger partial charge on any atom is -0.0610 e. The molecule has 0 saturated carbocycles. The zero-order valence-electron chi connectivity index (χ0n) is 21.4. The van der Waals surface area contributed by atoms with Gasteiger partial charge in [-0.25, -0.2) is 0 Å². The fourth-order valence-corrected chi connectivity index (χ4v) is 8.95. The van der Waals surface area contributed by atoms with Gasteiger partial charge in [-0.05, 0) is 118 Å². The Kier molecular flexibility index (Phi) is 2.77. The largest absolute Gasteiger partial charge is 0.0610 e. The Morgan fingerprint density at radius 2 is 0.425 bits per heavy atom. The third-order valence-corrected chi connectivity index (χ3v) is 10.4. The summed E-state index contributed by atoms with van der Waals surface area (Å²) in [5.74, 6) is 0. The van der Waals surface area contributed by atoms with Gasteiger partial charge in [0, 0.05) is 0 Å². The molecule has 40 heavy (non-hydrogen) atoms. The molecule has 0 amide bonds. The molecule has 0 saturated heterocycles. The van der Waals surface area contributed by atoms with E-state index in [4.69, 9.17) is 0 Å². The van der Waals surface area contributed by atoms with Gasteiger partial charge in [-0.2, -0.15) is 0 Å². The van der Waals surface area contributed by atoms with Crippen LogP contribution >= 0.6 is 0 Å². The van der Waals surface area contributed by atoms with E-state index < -0.39 is 0 Å². The van der Waals surface area contributed by atoms with Gasteiger partial charge in [0.15, 0.2) is 0 Å². The summed E-state index contributed by atoms with van der Waals surface area (Å²) < 4.78 is 0. The SMILES string of the molecule is c1cc2ccc3ccc4c5ccc6c7cccc8ccc9ccc%10c%11ccc%12c(c1)c2c3c4c%12c%11c5c6c%10c9c87. The van der Waals surface area contributed by atoms with Gasteiger partial charge in [0.05, 0.1) is 0 Å². The molecule has 0 fully saturated rings. The van der Waals surface area contributed by atoms with E-state index >= 15 is 0 Å². The number of rotatable bonds is 0. The molecule has 0 heteroatoms. The van der Waals surface area contributed by atoms with Crippen molar-refractivity contribution in [3.05, 3.63) is 109 Å². The predicted molar refractivity (Wildman–Crippen MR) is 175 cm³/mol. The summed E-state index contributed by atoms with van der Waals surface area (Å²) in [6.07, 6.45) is 0. The topological polar surface area (TPSA) is 0 Å². The highest BCUT2D eigenvalue weighted by atomic mass is 14.3. The van der Waals surface area contributed by atoms with Crippen LogP contribution in [0, 0.1) is 0 Å². The first kappa shape index (κ1) is 19.0. The number of hydrogen-bond acceptors (Lipinski definition) is 0. The second-order valence-corrected chi connectivity index (χ2v) is 11.9. The average molecular weight is 499 g/mol. The number of hydrogen-bond donors (Lipinski definition) is 0. The summed E-state index contributed by atoms with van der Waals surface area (Å²) >= 11 is 0. The minimum absolute atomic E-state index is 1.33. The van der Waals surface area contributed by atoms with Crippen LogP contribution in [0.15, 0.2) is 109 Å². The standard InChI is InChI=1S/C40H18/c1-3-19-7-9-21-11-13-25-30-18-16-28-24-6-2-4-20-8-10-22-12-14-26-29-17-15-27-23(5-1)31(19)33(21)35(25)37(27)39(29)40(30)38(28)36(26)34(22)32(20)24/h1-18H. The summed E-state index contributed by atoms with van der Waals surface area (Å²) in [5.41, 5.74) is 0. The van der Waals surface area contributed by atoms with Crippen molar-refractivity contribution in [2.75, 3.05) is 0 Å². The molecule has 0 aromatic heterocycles. The molecular weight excluding hydrogens is 480 g/mol. The summed E-state index contributed by atoms with van der Waals surface area (Å²) in [5, 5.41) is 30.6. The second-order valence-electron chi connectivity index (χ2n) is 11.9. The van der Waals surface area contributed by atoms with Crippen LogP contribution in [0.3, 0.4) is 0 Å². The Bertz CT molecular complexity index is 2800. The molecule has 178 valence electrons. The first-order valence-electron chi connectivity index (χ1n) is 14.2. The Balaban J connectivity index is 1.55. The van der Waals surface area contributed by atoms with Crippen LogP contribution in [0.4, 0.5) is 0 Å². The van der Waals surface area contributed by atoms with Crippen LogP contribution in [0.1, 0.15) is 0 Å². The summed E-state index contributed by atoms with van der Waals surface area (Å²) in [6.45, 7) is 0. The highest BCUT2D eigenvalue weighted by molar-refractivity contribution is 6.53. The second kappa shape index (κ2) is 5.86. The van der Waals surface area contributed by atoms with E-state index in [0.29, 0.717) is 0 Å². The zero-order valence-corrected chi connectivity index (χ0v) is 21.4. The van der Waals surface area contributed by atoms with Gasteiger partial charge in [0.25, 0.3) is 0 Å². The van der Waals surface area contributed by atoms with E-state index in [1.54, 1.807) is 0 Å². The molecule has 0 aliphatic heterocycles. The Morgan fingerprint density at radius 1 is 0.175 bits per heavy atom. The third kappa shape index (κ3) is 1.77. The van der Waals surface area contributed by atoms with Gasteiger partial charge in [-0.15, -0.1) is 0 Å². The van der Waals surface area contributed by atoms with E-state index in [0.717, 1.165) is 0 Å². The van der Waals surface area contributed by atoms with Gasteiger partial charge in [0.2, 0.25) is 0 Å². The smallest absolute Gasteiger partial charge is 0.000717 e. The van der Waals surface area contributed by atoms with Crippen LogP contribution < -0.4 is 0 Å². The fourth-order valence-electron chi connectivity index (χ4n) is 8.95. The molecule has 0 aliphatic carbocycles. The van der Waals surface area contributed by atoms with Gasteiger partial charge in [-0.1, -0.05) is 109 Å². The Morgan fingerprint density at radius 3 is 0.800 bits per heavy atom. The van der Waals surface area contributed by atoms with Gasteiger partial charge in [-0.3, -0.25) is 0 Å². The third-order valence-electron chi connectivity index (χ3n) is 10.4. The summed E-state index contributed by atoms with van der Waals surface area (Å²) in [7, 11) is 0. The highest BCUT2D eigenvalue weighted by Gasteiger charge is 2.26. The van der Waals surface area contributed by atoms with Crippen LogP contribution in [0.2, 0.25) is 0 Å². The highest BCUT2D eigenvalue weighted by Crippen LogP contribution is 2.55. The molecule has 0 aliphatic rings. The van der Waals surface area contributed by atoms with E-state index in [-0.39, 0.29) is 0 Å². The van der Waals surface area contributed by atoms with Crippen molar-refractivity contribution in [3.8, 4) is 0 Å². The number of benzene rings is 12. The lowest BCUT2D eigenvalue weighted by Gasteiger charge is -2.25. The van der Waals surface area contributed by atoms with Gasteiger partial charge >= 0.3 is 0 Å². The average Bonchev–Trinajstić information content (AvgIpc) is 3.02. The molecule has 0 atom stereocenters. The van der Waals surface area contributed by atoms with Crippen LogP contribution in [0.5, 0.6) is 0 Å².